The van der Waals surface area contributed by atoms with E-state index in [4.69, 9.17) is 4.42 Å². The van der Waals surface area contributed by atoms with Crippen LogP contribution >= 0.6 is 0 Å². The summed E-state index contributed by atoms with van der Waals surface area (Å²) in [5.41, 5.74) is 2.76. The molecule has 4 rings (SSSR count). The largest absolute Gasteiger partial charge is 0.467 e. The van der Waals surface area contributed by atoms with Crippen LogP contribution in [0.4, 0.5) is 0 Å². The van der Waals surface area contributed by atoms with E-state index in [2.05, 4.69) is 31.2 Å². The van der Waals surface area contributed by atoms with Crippen LogP contribution in [0.15, 0.2) is 53.3 Å². The molecule has 1 N–H and O–H groups in total. The number of carbonyl (C=O) groups is 2. The minimum absolute atomic E-state index is 0.0483. The Bertz CT molecular complexity index is 1090. The molecule has 0 spiro atoms. The molecule has 2 amide bonds. The smallest absolute Gasteiger partial charge is 0.258 e. The zero-order valence-corrected chi connectivity index (χ0v) is 19.1. The van der Waals surface area contributed by atoms with Crippen molar-refractivity contribution in [2.75, 3.05) is 0 Å². The summed E-state index contributed by atoms with van der Waals surface area (Å²) in [7, 11) is 0. The molecule has 32 heavy (non-hydrogen) atoms. The molecular formula is C25H30N4O3. The number of nitrogens with one attached hydrogen (secondary N) is 1. The second-order valence-corrected chi connectivity index (χ2v) is 9.41. The lowest BCUT2D eigenvalue weighted by Gasteiger charge is -2.24. The van der Waals surface area contributed by atoms with Gasteiger partial charge in [-0.3, -0.25) is 14.3 Å². The van der Waals surface area contributed by atoms with Gasteiger partial charge in [-0.1, -0.05) is 12.1 Å². The highest BCUT2D eigenvalue weighted by Crippen LogP contribution is 2.22. The number of aromatic nitrogens is 2. The maximum atomic E-state index is 13.5. The second kappa shape index (κ2) is 8.65. The van der Waals surface area contributed by atoms with Gasteiger partial charge >= 0.3 is 0 Å². The van der Waals surface area contributed by atoms with Gasteiger partial charge in [-0.05, 0) is 70.4 Å². The molecule has 1 fully saturated rings. The fraction of sp³-hybridized carbons (Fsp3) is 0.400. The van der Waals surface area contributed by atoms with Crippen molar-refractivity contribution < 1.29 is 14.0 Å². The monoisotopic (exact) mass is 434 g/mol. The topological polar surface area (TPSA) is 80.4 Å². The lowest BCUT2D eigenvalue weighted by Crippen LogP contribution is -2.31. The first-order chi connectivity index (χ1) is 15.2. The molecule has 7 nitrogen and oxygen atoms in total. The summed E-state index contributed by atoms with van der Waals surface area (Å²) in [5, 5.41) is 7.45. The third-order valence-electron chi connectivity index (χ3n) is 5.59. The van der Waals surface area contributed by atoms with Crippen molar-refractivity contribution in [2.24, 2.45) is 0 Å². The van der Waals surface area contributed by atoms with Crippen LogP contribution in [-0.4, -0.2) is 32.5 Å². The number of rotatable bonds is 7. The van der Waals surface area contributed by atoms with E-state index in [-0.39, 0.29) is 17.4 Å². The van der Waals surface area contributed by atoms with E-state index in [9.17, 15) is 9.59 Å². The molecule has 0 saturated heterocycles. The van der Waals surface area contributed by atoms with Gasteiger partial charge < -0.3 is 14.6 Å². The molecule has 3 aromatic rings. The van der Waals surface area contributed by atoms with E-state index in [1.165, 1.54) is 0 Å². The van der Waals surface area contributed by atoms with Gasteiger partial charge in [-0.2, -0.15) is 5.10 Å². The third kappa shape index (κ3) is 4.93. The number of hydrogen-bond acceptors (Lipinski definition) is 4. The molecule has 0 bridgehead atoms. The number of nitrogens with zero attached hydrogens (tertiary/aromatic N) is 3. The molecule has 1 saturated carbocycles. The molecule has 168 valence electrons. The first-order valence-corrected chi connectivity index (χ1v) is 11.0. The molecule has 2 heterocycles. The van der Waals surface area contributed by atoms with Gasteiger partial charge in [0.1, 0.15) is 5.76 Å². The lowest BCUT2D eigenvalue weighted by molar-refractivity contribution is 0.0716. The van der Waals surface area contributed by atoms with E-state index in [0.29, 0.717) is 36.0 Å². The minimum Gasteiger partial charge on any atom is -0.467 e. The fourth-order valence-electron chi connectivity index (χ4n) is 3.73. The number of hydrogen-bond donors (Lipinski definition) is 1. The van der Waals surface area contributed by atoms with Crippen LogP contribution in [0.1, 0.15) is 71.3 Å². The normalized spacial score (nSPS) is 13.8. The first-order valence-electron chi connectivity index (χ1n) is 11.0. The Morgan fingerprint density at radius 3 is 2.44 bits per heavy atom. The van der Waals surface area contributed by atoms with E-state index < -0.39 is 0 Å². The Labute approximate surface area is 188 Å². The highest BCUT2D eigenvalue weighted by Gasteiger charge is 2.26. The summed E-state index contributed by atoms with van der Waals surface area (Å²) in [6.07, 6.45) is 5.36. The Balaban J connectivity index is 1.55. The maximum Gasteiger partial charge on any atom is 0.258 e. The van der Waals surface area contributed by atoms with Gasteiger partial charge in [0, 0.05) is 23.8 Å². The standard InChI is InChI=1S/C25H30N4O3/c1-17-22(14-26-29(17)25(2,3)4)24(31)28(16-21-6-5-13-32-21)15-18-7-9-19(10-8-18)23(30)27-20-11-12-20/h5-10,13-14,20H,11-12,15-16H2,1-4H3,(H,27,30). The van der Waals surface area contributed by atoms with Crippen LogP contribution in [0.2, 0.25) is 0 Å². The molecule has 2 aromatic heterocycles. The van der Waals surface area contributed by atoms with Crippen molar-refractivity contribution in [2.45, 2.75) is 65.2 Å². The third-order valence-corrected chi connectivity index (χ3v) is 5.59. The Kier molecular flexibility index (Phi) is 5.91. The van der Waals surface area contributed by atoms with E-state index >= 15 is 0 Å². The predicted octanol–water partition coefficient (Wildman–Crippen LogP) is 4.27. The molecule has 1 aliphatic rings. The summed E-state index contributed by atoms with van der Waals surface area (Å²) in [6.45, 7) is 8.83. The van der Waals surface area contributed by atoms with Crippen molar-refractivity contribution >= 4 is 11.8 Å². The number of furan rings is 1. The van der Waals surface area contributed by atoms with E-state index in [0.717, 1.165) is 24.1 Å². The van der Waals surface area contributed by atoms with Crippen molar-refractivity contribution in [3.63, 3.8) is 0 Å². The highest BCUT2D eigenvalue weighted by molar-refractivity contribution is 5.95. The number of carbonyl (C=O) groups excluding carboxylic acids is 2. The number of amides is 2. The quantitative estimate of drug-likeness (QED) is 0.602. The van der Waals surface area contributed by atoms with Crippen LogP contribution in [0.3, 0.4) is 0 Å². The van der Waals surface area contributed by atoms with Gasteiger partial charge in [0.05, 0.1) is 30.1 Å². The zero-order valence-electron chi connectivity index (χ0n) is 19.1. The zero-order chi connectivity index (χ0) is 22.9. The molecule has 1 aliphatic carbocycles. The van der Waals surface area contributed by atoms with Gasteiger partial charge in [-0.15, -0.1) is 0 Å². The second-order valence-electron chi connectivity index (χ2n) is 9.41. The maximum absolute atomic E-state index is 13.5. The highest BCUT2D eigenvalue weighted by atomic mass is 16.3. The predicted molar refractivity (Wildman–Crippen MR) is 121 cm³/mol. The Morgan fingerprint density at radius 1 is 1.16 bits per heavy atom. The minimum atomic E-state index is -0.217. The van der Waals surface area contributed by atoms with Gasteiger partial charge in [0.2, 0.25) is 0 Å². The van der Waals surface area contributed by atoms with Gasteiger partial charge in [0.15, 0.2) is 0 Å². The summed E-state index contributed by atoms with van der Waals surface area (Å²) in [4.78, 5) is 27.5. The molecule has 0 unspecified atom stereocenters. The molecule has 0 aliphatic heterocycles. The summed E-state index contributed by atoms with van der Waals surface area (Å²) in [6, 6.07) is 11.4. The molecular weight excluding hydrogens is 404 g/mol. The van der Waals surface area contributed by atoms with Crippen molar-refractivity contribution in [3.8, 4) is 0 Å². The van der Waals surface area contributed by atoms with Crippen LogP contribution in [0, 0.1) is 6.92 Å². The molecule has 0 radical (unpaired) electrons. The van der Waals surface area contributed by atoms with Crippen LogP contribution in [0.5, 0.6) is 0 Å². The SMILES string of the molecule is Cc1c(C(=O)N(Cc2ccc(C(=O)NC3CC3)cc2)Cc2ccco2)cnn1C(C)(C)C. The van der Waals surface area contributed by atoms with Gasteiger partial charge in [0.25, 0.3) is 11.8 Å². The molecule has 1 aromatic carbocycles. The summed E-state index contributed by atoms with van der Waals surface area (Å²) < 4.78 is 7.38. The summed E-state index contributed by atoms with van der Waals surface area (Å²) in [5.74, 6) is 0.553. The van der Waals surface area contributed by atoms with Crippen LogP contribution in [-0.2, 0) is 18.6 Å². The average Bonchev–Trinajstić information content (AvgIpc) is 3.23. The Hall–Kier alpha value is -3.35. The van der Waals surface area contributed by atoms with Gasteiger partial charge in [-0.25, -0.2) is 0 Å². The van der Waals surface area contributed by atoms with Crippen molar-refractivity contribution in [3.05, 3.63) is 77.0 Å². The van der Waals surface area contributed by atoms with E-state index in [1.807, 2.05) is 48.0 Å². The average molecular weight is 435 g/mol. The molecule has 0 atom stereocenters. The number of benzene rings is 1. The Morgan fingerprint density at radius 2 is 1.88 bits per heavy atom. The summed E-state index contributed by atoms with van der Waals surface area (Å²) >= 11 is 0. The first kappa shape index (κ1) is 21.9. The van der Waals surface area contributed by atoms with Crippen molar-refractivity contribution in [1.82, 2.24) is 20.0 Å². The molecule has 7 heteroatoms. The van der Waals surface area contributed by atoms with E-state index in [1.54, 1.807) is 17.4 Å². The van der Waals surface area contributed by atoms with Crippen LogP contribution in [0.25, 0.3) is 0 Å². The lowest BCUT2D eigenvalue weighted by atomic mass is 10.1. The van der Waals surface area contributed by atoms with Crippen LogP contribution < -0.4 is 5.32 Å². The fourth-order valence-corrected chi connectivity index (χ4v) is 3.73. The van der Waals surface area contributed by atoms with Crippen molar-refractivity contribution in [1.29, 1.82) is 0 Å².